The third-order valence-electron chi connectivity index (χ3n) is 4.54. The molecule has 0 saturated heterocycles. The summed E-state index contributed by atoms with van der Waals surface area (Å²) in [5.74, 6) is -0.920. The highest BCUT2D eigenvalue weighted by atomic mass is 19.1. The van der Waals surface area contributed by atoms with E-state index in [4.69, 9.17) is 4.74 Å². The van der Waals surface area contributed by atoms with Gasteiger partial charge in [-0.2, -0.15) is 9.97 Å². The molecule has 0 N–H and O–H groups in total. The van der Waals surface area contributed by atoms with Crippen molar-refractivity contribution >= 4 is 11.0 Å². The Morgan fingerprint density at radius 2 is 1.83 bits per heavy atom. The van der Waals surface area contributed by atoms with Crippen molar-refractivity contribution in [2.45, 2.75) is 13.8 Å². The lowest BCUT2D eigenvalue weighted by Gasteiger charge is -2.15. The quantitative estimate of drug-likeness (QED) is 0.515. The van der Waals surface area contributed by atoms with Crippen LogP contribution in [0.2, 0.25) is 0 Å². The normalized spacial score (nSPS) is 11.0. The molecule has 0 atom stereocenters. The first-order chi connectivity index (χ1) is 14.0. The van der Waals surface area contributed by atoms with E-state index in [2.05, 4.69) is 9.97 Å². The van der Waals surface area contributed by atoms with Crippen LogP contribution in [-0.4, -0.2) is 21.1 Å². The Bertz CT molecular complexity index is 1290. The van der Waals surface area contributed by atoms with E-state index < -0.39 is 11.4 Å². The lowest BCUT2D eigenvalue weighted by Crippen LogP contribution is -2.20. The van der Waals surface area contributed by atoms with Gasteiger partial charge < -0.3 is 4.74 Å². The van der Waals surface area contributed by atoms with E-state index in [0.717, 1.165) is 0 Å². The van der Waals surface area contributed by atoms with Crippen LogP contribution < -0.4 is 10.3 Å². The summed E-state index contributed by atoms with van der Waals surface area (Å²) < 4.78 is 34.8. The molecule has 0 fully saturated rings. The zero-order valence-corrected chi connectivity index (χ0v) is 15.8. The molecule has 0 aliphatic carbocycles. The summed E-state index contributed by atoms with van der Waals surface area (Å²) in [5, 5.41) is 0.519. The number of ether oxygens (including phenoxy) is 1. The van der Waals surface area contributed by atoms with Gasteiger partial charge in [-0.3, -0.25) is 9.36 Å². The van der Waals surface area contributed by atoms with Crippen LogP contribution in [0.1, 0.15) is 12.5 Å². The fourth-order valence-electron chi connectivity index (χ4n) is 3.25. The molecule has 2 aromatic heterocycles. The summed E-state index contributed by atoms with van der Waals surface area (Å²) in [4.78, 5) is 21.5. The van der Waals surface area contributed by atoms with Gasteiger partial charge in [0, 0.05) is 17.0 Å². The predicted molar refractivity (Wildman–Crippen MR) is 106 cm³/mol. The fourth-order valence-corrected chi connectivity index (χ4v) is 3.25. The summed E-state index contributed by atoms with van der Waals surface area (Å²) in [6.45, 7) is 3.86. The van der Waals surface area contributed by atoms with Crippen LogP contribution in [0.5, 0.6) is 6.01 Å². The number of aryl methyl sites for hydroxylation is 1. The lowest BCUT2D eigenvalue weighted by molar-refractivity contribution is 0.314. The van der Waals surface area contributed by atoms with Crippen molar-refractivity contribution in [3.05, 3.63) is 82.1 Å². The van der Waals surface area contributed by atoms with Gasteiger partial charge in [-0.25, -0.2) is 8.78 Å². The molecule has 0 aliphatic rings. The Labute approximate surface area is 165 Å². The number of hydrogen-bond acceptors (Lipinski definition) is 4. The molecule has 0 unspecified atom stereocenters. The second-order valence-corrected chi connectivity index (χ2v) is 6.44. The maximum Gasteiger partial charge on any atom is 0.318 e. The Morgan fingerprint density at radius 3 is 2.55 bits per heavy atom. The van der Waals surface area contributed by atoms with Gasteiger partial charge in [0.25, 0.3) is 5.56 Å². The van der Waals surface area contributed by atoms with Gasteiger partial charge in [0.05, 0.1) is 18.0 Å². The summed E-state index contributed by atoms with van der Waals surface area (Å²) >= 11 is 0. The van der Waals surface area contributed by atoms with Gasteiger partial charge in [-0.15, -0.1) is 0 Å². The summed E-state index contributed by atoms with van der Waals surface area (Å²) in [6, 6.07) is 13.3. The molecule has 7 heteroatoms. The average molecular weight is 393 g/mol. The van der Waals surface area contributed by atoms with Crippen molar-refractivity contribution in [1.82, 2.24) is 14.5 Å². The number of halogens is 2. The Hall–Kier alpha value is -3.61. The second kappa shape index (κ2) is 7.43. The summed E-state index contributed by atoms with van der Waals surface area (Å²) in [7, 11) is 0. The van der Waals surface area contributed by atoms with E-state index in [1.807, 2.05) is 0 Å². The molecule has 29 heavy (non-hydrogen) atoms. The van der Waals surface area contributed by atoms with Crippen LogP contribution in [0, 0.1) is 18.6 Å². The number of aromatic nitrogens is 3. The molecule has 0 amide bonds. The molecule has 0 bridgehead atoms. The summed E-state index contributed by atoms with van der Waals surface area (Å²) in [6.07, 6.45) is 0. The second-order valence-electron chi connectivity index (χ2n) is 6.44. The highest BCUT2D eigenvalue weighted by molar-refractivity contribution is 5.92. The molecule has 0 saturated carbocycles. The number of rotatable bonds is 4. The number of benzene rings is 2. The maximum atomic E-state index is 14.5. The van der Waals surface area contributed by atoms with Crippen molar-refractivity contribution in [3.63, 3.8) is 0 Å². The molecule has 146 valence electrons. The topological polar surface area (TPSA) is 57.0 Å². The van der Waals surface area contributed by atoms with Gasteiger partial charge in [0.2, 0.25) is 0 Å². The Kier molecular flexibility index (Phi) is 4.80. The maximum absolute atomic E-state index is 14.5. The van der Waals surface area contributed by atoms with E-state index >= 15 is 0 Å². The van der Waals surface area contributed by atoms with Crippen molar-refractivity contribution in [2.75, 3.05) is 6.61 Å². The largest absolute Gasteiger partial charge is 0.464 e. The molecule has 0 radical (unpaired) electrons. The van der Waals surface area contributed by atoms with E-state index in [-0.39, 0.29) is 23.2 Å². The zero-order valence-electron chi connectivity index (χ0n) is 15.8. The monoisotopic (exact) mass is 393 g/mol. The van der Waals surface area contributed by atoms with Crippen LogP contribution >= 0.6 is 0 Å². The lowest BCUT2D eigenvalue weighted by atomic mass is 10.0. The van der Waals surface area contributed by atoms with Gasteiger partial charge in [-0.05, 0) is 55.8 Å². The molecule has 2 aromatic carbocycles. The SMILES string of the molecule is CCOc1nc(-c2ccc(F)cc2C)c2ccc(=O)n(-c3ccccc3F)c2n1. The van der Waals surface area contributed by atoms with E-state index in [1.54, 1.807) is 38.1 Å². The zero-order chi connectivity index (χ0) is 20.5. The van der Waals surface area contributed by atoms with E-state index in [9.17, 15) is 13.6 Å². The molecular formula is C22H17F2N3O2. The van der Waals surface area contributed by atoms with Gasteiger partial charge in [-0.1, -0.05) is 12.1 Å². The third kappa shape index (κ3) is 3.35. The number of para-hydroxylation sites is 1. The van der Waals surface area contributed by atoms with Crippen molar-refractivity contribution in [1.29, 1.82) is 0 Å². The standard InChI is InChI=1S/C22H17F2N3O2/c1-3-29-22-25-20(15-9-8-14(23)12-13(15)2)16-10-11-19(28)27(21(16)26-22)18-7-5-4-6-17(18)24/h4-12H,3H2,1-2H3. The fraction of sp³-hybridized carbons (Fsp3) is 0.136. The molecule has 4 rings (SSSR count). The summed E-state index contributed by atoms with van der Waals surface area (Å²) in [5.41, 5.74) is 1.65. The smallest absolute Gasteiger partial charge is 0.318 e. The number of nitrogens with zero attached hydrogens (tertiary/aromatic N) is 3. The minimum Gasteiger partial charge on any atom is -0.464 e. The van der Waals surface area contributed by atoms with Crippen LogP contribution in [-0.2, 0) is 0 Å². The molecule has 5 nitrogen and oxygen atoms in total. The van der Waals surface area contributed by atoms with Gasteiger partial charge in [0.1, 0.15) is 11.6 Å². The first-order valence-corrected chi connectivity index (χ1v) is 9.07. The van der Waals surface area contributed by atoms with E-state index in [0.29, 0.717) is 28.8 Å². The minimum atomic E-state index is -0.557. The Balaban J connectivity index is 2.12. The molecule has 2 heterocycles. The third-order valence-corrected chi connectivity index (χ3v) is 4.54. The highest BCUT2D eigenvalue weighted by Crippen LogP contribution is 2.31. The van der Waals surface area contributed by atoms with E-state index in [1.165, 1.54) is 34.9 Å². The first-order valence-electron chi connectivity index (χ1n) is 9.07. The van der Waals surface area contributed by atoms with Gasteiger partial charge >= 0.3 is 6.01 Å². The van der Waals surface area contributed by atoms with Crippen molar-refractivity contribution in [2.24, 2.45) is 0 Å². The number of hydrogen-bond donors (Lipinski definition) is 0. The molecule has 0 aliphatic heterocycles. The van der Waals surface area contributed by atoms with Gasteiger partial charge in [0.15, 0.2) is 5.65 Å². The highest BCUT2D eigenvalue weighted by Gasteiger charge is 2.18. The molecular weight excluding hydrogens is 376 g/mol. The van der Waals surface area contributed by atoms with Crippen LogP contribution in [0.25, 0.3) is 28.0 Å². The van der Waals surface area contributed by atoms with Crippen molar-refractivity contribution in [3.8, 4) is 23.0 Å². The molecule has 0 spiro atoms. The number of fused-ring (bicyclic) bond motifs is 1. The van der Waals surface area contributed by atoms with Crippen LogP contribution in [0.4, 0.5) is 8.78 Å². The van der Waals surface area contributed by atoms with Crippen molar-refractivity contribution < 1.29 is 13.5 Å². The number of pyridine rings is 1. The van der Waals surface area contributed by atoms with Crippen LogP contribution in [0.15, 0.2) is 59.4 Å². The average Bonchev–Trinajstić information content (AvgIpc) is 2.69. The first kappa shape index (κ1) is 18.7. The predicted octanol–water partition coefficient (Wildman–Crippen LogP) is 4.43. The minimum absolute atomic E-state index is 0.0504. The Morgan fingerprint density at radius 1 is 1.03 bits per heavy atom. The van der Waals surface area contributed by atoms with Crippen LogP contribution in [0.3, 0.4) is 0 Å². The molecule has 4 aromatic rings.